The first-order valence-electron chi connectivity index (χ1n) is 7.09. The zero-order valence-electron chi connectivity index (χ0n) is 12.2. The van der Waals surface area contributed by atoms with Crippen LogP contribution < -0.4 is 10.2 Å². The Labute approximate surface area is 111 Å². The van der Waals surface area contributed by atoms with E-state index in [1.807, 2.05) is 0 Å². The van der Waals surface area contributed by atoms with Gasteiger partial charge in [0.25, 0.3) is 0 Å². The SMILES string of the molecule is CNC1CCC(N(C)c2c(C)cccc2C)CC1. The smallest absolute Gasteiger partial charge is 0.0425 e. The summed E-state index contributed by atoms with van der Waals surface area (Å²) in [5.41, 5.74) is 4.23. The summed E-state index contributed by atoms with van der Waals surface area (Å²) in [4.78, 5) is 2.51. The van der Waals surface area contributed by atoms with Crippen molar-refractivity contribution in [3.63, 3.8) is 0 Å². The van der Waals surface area contributed by atoms with E-state index in [0.29, 0.717) is 6.04 Å². The Morgan fingerprint density at radius 3 is 2.11 bits per heavy atom. The van der Waals surface area contributed by atoms with Gasteiger partial charge in [0, 0.05) is 24.8 Å². The predicted molar refractivity (Wildman–Crippen MR) is 79.4 cm³/mol. The minimum atomic E-state index is 0.703. The van der Waals surface area contributed by atoms with Gasteiger partial charge in [-0.1, -0.05) is 18.2 Å². The van der Waals surface area contributed by atoms with Gasteiger partial charge in [-0.15, -0.1) is 0 Å². The number of nitrogens with zero attached hydrogens (tertiary/aromatic N) is 1. The average molecular weight is 246 g/mol. The number of hydrogen-bond acceptors (Lipinski definition) is 2. The van der Waals surface area contributed by atoms with Gasteiger partial charge in [-0.3, -0.25) is 0 Å². The molecule has 1 aromatic carbocycles. The fourth-order valence-electron chi connectivity index (χ4n) is 3.30. The Kier molecular flexibility index (Phi) is 4.28. The molecule has 2 rings (SSSR count). The predicted octanol–water partition coefficient (Wildman–Crippen LogP) is 3.27. The van der Waals surface area contributed by atoms with Crippen LogP contribution in [0.2, 0.25) is 0 Å². The summed E-state index contributed by atoms with van der Waals surface area (Å²) in [6, 6.07) is 8.03. The minimum absolute atomic E-state index is 0.703. The molecular formula is C16H26N2. The van der Waals surface area contributed by atoms with Gasteiger partial charge < -0.3 is 10.2 Å². The molecule has 0 amide bonds. The highest BCUT2D eigenvalue weighted by Gasteiger charge is 2.24. The second-order valence-electron chi connectivity index (χ2n) is 5.65. The lowest BCUT2D eigenvalue weighted by Gasteiger charge is -2.37. The molecule has 0 radical (unpaired) electrons. The summed E-state index contributed by atoms with van der Waals surface area (Å²) in [7, 11) is 4.35. The number of hydrogen-bond donors (Lipinski definition) is 1. The van der Waals surface area contributed by atoms with Gasteiger partial charge in [0.15, 0.2) is 0 Å². The number of aryl methyl sites for hydroxylation is 2. The molecule has 1 fully saturated rings. The second kappa shape index (κ2) is 5.75. The fraction of sp³-hybridized carbons (Fsp3) is 0.625. The minimum Gasteiger partial charge on any atom is -0.371 e. The van der Waals surface area contributed by atoms with Crippen LogP contribution in [0.1, 0.15) is 36.8 Å². The van der Waals surface area contributed by atoms with E-state index in [0.717, 1.165) is 6.04 Å². The van der Waals surface area contributed by atoms with Crippen LogP contribution >= 0.6 is 0 Å². The number of rotatable bonds is 3. The van der Waals surface area contributed by atoms with Crippen LogP contribution in [0.4, 0.5) is 5.69 Å². The highest BCUT2D eigenvalue weighted by atomic mass is 15.1. The van der Waals surface area contributed by atoms with E-state index in [9.17, 15) is 0 Å². The zero-order valence-corrected chi connectivity index (χ0v) is 12.2. The van der Waals surface area contributed by atoms with E-state index in [1.165, 1.54) is 42.5 Å². The van der Waals surface area contributed by atoms with Crippen molar-refractivity contribution in [1.29, 1.82) is 0 Å². The van der Waals surface area contributed by atoms with Gasteiger partial charge in [-0.2, -0.15) is 0 Å². The summed E-state index contributed by atoms with van der Waals surface area (Å²) in [6.07, 6.45) is 5.21. The highest BCUT2D eigenvalue weighted by Crippen LogP contribution is 2.30. The Bertz CT molecular complexity index is 372. The second-order valence-corrected chi connectivity index (χ2v) is 5.65. The molecule has 2 heteroatoms. The molecule has 1 aromatic rings. The number of nitrogens with one attached hydrogen (secondary N) is 1. The van der Waals surface area contributed by atoms with Gasteiger partial charge in [0.2, 0.25) is 0 Å². The largest absolute Gasteiger partial charge is 0.371 e. The molecule has 1 aliphatic carbocycles. The molecule has 0 aliphatic heterocycles. The van der Waals surface area contributed by atoms with Crippen molar-refractivity contribution in [3.05, 3.63) is 29.3 Å². The molecule has 0 spiro atoms. The van der Waals surface area contributed by atoms with Crippen molar-refractivity contribution in [2.45, 2.75) is 51.6 Å². The van der Waals surface area contributed by atoms with Crippen molar-refractivity contribution in [3.8, 4) is 0 Å². The Morgan fingerprint density at radius 2 is 1.61 bits per heavy atom. The first kappa shape index (κ1) is 13.4. The van der Waals surface area contributed by atoms with E-state index < -0.39 is 0 Å². The lowest BCUT2D eigenvalue weighted by atomic mass is 9.89. The Hall–Kier alpha value is -1.02. The summed E-state index contributed by atoms with van der Waals surface area (Å²) in [5, 5.41) is 3.41. The third kappa shape index (κ3) is 2.69. The molecular weight excluding hydrogens is 220 g/mol. The van der Waals surface area contributed by atoms with Crippen LogP contribution in [-0.4, -0.2) is 26.2 Å². The van der Waals surface area contributed by atoms with E-state index in [1.54, 1.807) is 0 Å². The molecule has 0 bridgehead atoms. The van der Waals surface area contributed by atoms with E-state index in [-0.39, 0.29) is 0 Å². The summed E-state index contributed by atoms with van der Waals surface area (Å²) >= 11 is 0. The maximum atomic E-state index is 3.41. The molecule has 2 nitrogen and oxygen atoms in total. The number of para-hydroxylation sites is 1. The Morgan fingerprint density at radius 1 is 1.06 bits per heavy atom. The van der Waals surface area contributed by atoms with Gasteiger partial charge in [0.1, 0.15) is 0 Å². The zero-order chi connectivity index (χ0) is 13.1. The molecule has 100 valence electrons. The molecule has 0 aromatic heterocycles. The van der Waals surface area contributed by atoms with E-state index in [4.69, 9.17) is 0 Å². The van der Waals surface area contributed by atoms with Crippen molar-refractivity contribution < 1.29 is 0 Å². The van der Waals surface area contributed by atoms with E-state index >= 15 is 0 Å². The third-order valence-corrected chi connectivity index (χ3v) is 4.44. The molecule has 1 aliphatic rings. The quantitative estimate of drug-likeness (QED) is 0.880. The van der Waals surface area contributed by atoms with Gasteiger partial charge >= 0.3 is 0 Å². The van der Waals surface area contributed by atoms with Crippen LogP contribution in [0.15, 0.2) is 18.2 Å². The van der Waals surface area contributed by atoms with Crippen molar-refractivity contribution in [2.75, 3.05) is 19.0 Å². The highest BCUT2D eigenvalue weighted by molar-refractivity contribution is 5.59. The third-order valence-electron chi connectivity index (χ3n) is 4.44. The van der Waals surface area contributed by atoms with Crippen LogP contribution in [0, 0.1) is 13.8 Å². The molecule has 0 unspecified atom stereocenters. The topological polar surface area (TPSA) is 15.3 Å². The maximum Gasteiger partial charge on any atom is 0.0425 e. The summed E-state index contributed by atoms with van der Waals surface area (Å²) in [6.45, 7) is 4.44. The fourth-order valence-corrected chi connectivity index (χ4v) is 3.30. The van der Waals surface area contributed by atoms with Gasteiger partial charge in [-0.25, -0.2) is 0 Å². The standard InChI is InChI=1S/C16H26N2/c1-12-6-5-7-13(2)16(12)18(4)15-10-8-14(17-3)9-11-15/h5-7,14-15,17H,8-11H2,1-4H3. The lowest BCUT2D eigenvalue weighted by molar-refractivity contribution is 0.351. The molecule has 0 atom stereocenters. The van der Waals surface area contributed by atoms with Crippen LogP contribution in [-0.2, 0) is 0 Å². The van der Waals surface area contributed by atoms with Crippen LogP contribution in [0.25, 0.3) is 0 Å². The van der Waals surface area contributed by atoms with Gasteiger partial charge in [-0.05, 0) is 57.7 Å². The van der Waals surface area contributed by atoms with Crippen molar-refractivity contribution in [1.82, 2.24) is 5.32 Å². The first-order valence-corrected chi connectivity index (χ1v) is 7.09. The molecule has 18 heavy (non-hydrogen) atoms. The number of anilines is 1. The average Bonchev–Trinajstić information content (AvgIpc) is 2.38. The summed E-state index contributed by atoms with van der Waals surface area (Å²) < 4.78 is 0. The van der Waals surface area contributed by atoms with Crippen LogP contribution in [0.3, 0.4) is 0 Å². The van der Waals surface area contributed by atoms with E-state index in [2.05, 4.69) is 56.4 Å². The monoisotopic (exact) mass is 246 g/mol. The molecule has 1 saturated carbocycles. The Balaban J connectivity index is 2.10. The number of benzene rings is 1. The van der Waals surface area contributed by atoms with Gasteiger partial charge in [0.05, 0.1) is 0 Å². The van der Waals surface area contributed by atoms with Crippen LogP contribution in [0.5, 0.6) is 0 Å². The van der Waals surface area contributed by atoms with Crippen molar-refractivity contribution in [2.24, 2.45) is 0 Å². The molecule has 0 saturated heterocycles. The normalized spacial score (nSPS) is 24.0. The molecule has 1 N–H and O–H groups in total. The molecule has 0 heterocycles. The maximum absolute atomic E-state index is 3.41. The first-order chi connectivity index (χ1) is 8.63. The summed E-state index contributed by atoms with van der Waals surface area (Å²) in [5.74, 6) is 0. The van der Waals surface area contributed by atoms with Crippen molar-refractivity contribution >= 4 is 5.69 Å². The lowest BCUT2D eigenvalue weighted by Crippen LogP contribution is -2.40.